The zero-order chi connectivity index (χ0) is 17.6. The Labute approximate surface area is 148 Å². The Hall–Kier alpha value is -1.91. The van der Waals surface area contributed by atoms with Crippen molar-refractivity contribution in [1.82, 2.24) is 10.2 Å². The molecule has 25 heavy (non-hydrogen) atoms. The zero-order valence-corrected chi connectivity index (χ0v) is 14.7. The first kappa shape index (κ1) is 17.9. The normalized spacial score (nSPS) is 19.2. The third-order valence-corrected chi connectivity index (χ3v) is 5.46. The highest BCUT2D eigenvalue weighted by molar-refractivity contribution is 5.79. The van der Waals surface area contributed by atoms with Crippen LogP contribution in [-0.2, 0) is 16.0 Å². The molecule has 0 atom stereocenters. The molecule has 0 bridgehead atoms. The molecule has 2 amide bonds. The number of nitrogens with zero attached hydrogens (tertiary/aromatic N) is 1. The molecule has 0 unspecified atom stereocenters. The molecule has 136 valence electrons. The summed E-state index contributed by atoms with van der Waals surface area (Å²) in [6.07, 6.45) is 6.74. The Morgan fingerprint density at radius 3 is 2.44 bits per heavy atom. The van der Waals surface area contributed by atoms with Gasteiger partial charge in [0.1, 0.15) is 5.82 Å². The largest absolute Gasteiger partial charge is 0.353 e. The van der Waals surface area contributed by atoms with Crippen molar-refractivity contribution in [1.29, 1.82) is 0 Å². The van der Waals surface area contributed by atoms with E-state index in [0.717, 1.165) is 38.8 Å². The average molecular weight is 346 g/mol. The molecule has 1 aromatic carbocycles. The minimum atomic E-state index is -0.256. The second-order valence-corrected chi connectivity index (χ2v) is 7.24. The van der Waals surface area contributed by atoms with Crippen molar-refractivity contribution in [2.75, 3.05) is 13.1 Å². The van der Waals surface area contributed by atoms with Gasteiger partial charge in [-0.05, 0) is 43.7 Å². The van der Waals surface area contributed by atoms with Gasteiger partial charge in [0.05, 0.1) is 0 Å². The summed E-state index contributed by atoms with van der Waals surface area (Å²) in [6, 6.07) is 6.70. The highest BCUT2D eigenvalue weighted by Crippen LogP contribution is 2.27. The number of carbonyl (C=O) groups is 2. The van der Waals surface area contributed by atoms with E-state index in [2.05, 4.69) is 5.32 Å². The van der Waals surface area contributed by atoms with E-state index in [0.29, 0.717) is 24.3 Å². The SMILES string of the molecule is O=C(CCc1ccccc1F)NC1CCN(C(=O)C2CCCC2)CC1. The molecule has 1 heterocycles. The van der Waals surface area contributed by atoms with Crippen molar-refractivity contribution in [3.63, 3.8) is 0 Å². The van der Waals surface area contributed by atoms with Gasteiger partial charge in [0.25, 0.3) is 0 Å². The fourth-order valence-electron chi connectivity index (χ4n) is 3.92. The van der Waals surface area contributed by atoms with Crippen molar-refractivity contribution in [3.8, 4) is 0 Å². The molecule has 0 spiro atoms. The molecular formula is C20H27FN2O2. The quantitative estimate of drug-likeness (QED) is 0.891. The van der Waals surface area contributed by atoms with E-state index < -0.39 is 0 Å². The van der Waals surface area contributed by atoms with Crippen LogP contribution in [-0.4, -0.2) is 35.8 Å². The Morgan fingerprint density at radius 1 is 1.08 bits per heavy atom. The van der Waals surface area contributed by atoms with Crippen LogP contribution in [0.5, 0.6) is 0 Å². The number of aryl methyl sites for hydroxylation is 1. The van der Waals surface area contributed by atoms with Crippen molar-refractivity contribution in [2.45, 2.75) is 57.4 Å². The van der Waals surface area contributed by atoms with Crippen LogP contribution in [0.25, 0.3) is 0 Å². The maximum absolute atomic E-state index is 13.6. The zero-order valence-electron chi connectivity index (χ0n) is 14.7. The van der Waals surface area contributed by atoms with E-state index in [4.69, 9.17) is 0 Å². The topological polar surface area (TPSA) is 49.4 Å². The first-order chi connectivity index (χ1) is 12.1. The molecule has 1 saturated heterocycles. The molecule has 0 radical (unpaired) electrons. The number of amides is 2. The van der Waals surface area contributed by atoms with Gasteiger partial charge in [0.15, 0.2) is 0 Å². The summed E-state index contributed by atoms with van der Waals surface area (Å²) in [5.41, 5.74) is 0.578. The molecule has 1 aromatic rings. The van der Waals surface area contributed by atoms with E-state index in [-0.39, 0.29) is 23.7 Å². The molecule has 0 aromatic heterocycles. The van der Waals surface area contributed by atoms with Gasteiger partial charge in [-0.2, -0.15) is 0 Å². The number of carbonyl (C=O) groups excluding carboxylic acids is 2. The summed E-state index contributed by atoms with van der Waals surface area (Å²) in [6.45, 7) is 1.46. The van der Waals surface area contributed by atoms with Gasteiger partial charge in [0, 0.05) is 31.5 Å². The van der Waals surface area contributed by atoms with E-state index in [1.54, 1.807) is 18.2 Å². The van der Waals surface area contributed by atoms with Gasteiger partial charge in [-0.3, -0.25) is 9.59 Å². The molecule has 1 aliphatic heterocycles. The summed E-state index contributed by atoms with van der Waals surface area (Å²) in [7, 11) is 0. The van der Waals surface area contributed by atoms with Gasteiger partial charge in [-0.1, -0.05) is 31.0 Å². The standard InChI is InChI=1S/C20H27FN2O2/c21-18-8-4-3-5-15(18)9-10-19(24)22-17-11-13-23(14-12-17)20(25)16-6-1-2-7-16/h3-5,8,16-17H,1-2,6-7,9-14H2,(H,22,24). The maximum atomic E-state index is 13.6. The average Bonchev–Trinajstić information content (AvgIpc) is 3.16. The fourth-order valence-corrected chi connectivity index (χ4v) is 3.92. The molecule has 5 heteroatoms. The lowest BCUT2D eigenvalue weighted by Gasteiger charge is -2.34. The van der Waals surface area contributed by atoms with Crippen LogP contribution in [0.15, 0.2) is 24.3 Å². The molecule has 1 N–H and O–H groups in total. The number of rotatable bonds is 5. The fraction of sp³-hybridized carbons (Fsp3) is 0.600. The number of piperidine rings is 1. The third kappa shape index (κ3) is 4.80. The van der Waals surface area contributed by atoms with E-state index >= 15 is 0 Å². The first-order valence-corrected chi connectivity index (χ1v) is 9.45. The van der Waals surface area contributed by atoms with Crippen molar-refractivity contribution >= 4 is 11.8 Å². The summed E-state index contributed by atoms with van der Waals surface area (Å²) >= 11 is 0. The first-order valence-electron chi connectivity index (χ1n) is 9.45. The molecule has 1 saturated carbocycles. The molecule has 2 aliphatic rings. The second kappa shape index (κ2) is 8.45. The summed E-state index contributed by atoms with van der Waals surface area (Å²) < 4.78 is 13.6. The predicted octanol–water partition coefficient (Wildman–Crippen LogP) is 3.06. The van der Waals surface area contributed by atoms with Gasteiger partial charge < -0.3 is 10.2 Å². The Kier molecular flexibility index (Phi) is 6.05. The second-order valence-electron chi connectivity index (χ2n) is 7.24. The van der Waals surface area contributed by atoms with Crippen LogP contribution in [0.4, 0.5) is 4.39 Å². The molecule has 1 aliphatic carbocycles. The van der Waals surface area contributed by atoms with E-state index in [9.17, 15) is 14.0 Å². The third-order valence-electron chi connectivity index (χ3n) is 5.46. The summed E-state index contributed by atoms with van der Waals surface area (Å²) in [5.74, 6) is 0.242. The lowest BCUT2D eigenvalue weighted by atomic mass is 10.0. The van der Waals surface area contributed by atoms with Crippen LogP contribution in [0.2, 0.25) is 0 Å². The predicted molar refractivity (Wildman–Crippen MR) is 94.4 cm³/mol. The molecule has 3 rings (SSSR count). The van der Waals surface area contributed by atoms with Crippen LogP contribution in [0.3, 0.4) is 0 Å². The number of likely N-dealkylation sites (tertiary alicyclic amines) is 1. The van der Waals surface area contributed by atoms with E-state index in [1.807, 2.05) is 4.90 Å². The summed E-state index contributed by atoms with van der Waals surface area (Å²) in [5, 5.41) is 3.04. The number of nitrogens with one attached hydrogen (secondary N) is 1. The number of benzene rings is 1. The minimum Gasteiger partial charge on any atom is -0.353 e. The smallest absolute Gasteiger partial charge is 0.225 e. The maximum Gasteiger partial charge on any atom is 0.225 e. The lowest BCUT2D eigenvalue weighted by Crippen LogP contribution is -2.47. The Morgan fingerprint density at radius 2 is 1.76 bits per heavy atom. The van der Waals surface area contributed by atoms with Crippen LogP contribution in [0, 0.1) is 11.7 Å². The van der Waals surface area contributed by atoms with Crippen LogP contribution >= 0.6 is 0 Å². The Bertz CT molecular complexity index is 605. The minimum absolute atomic E-state index is 0.0381. The van der Waals surface area contributed by atoms with Crippen LogP contribution < -0.4 is 5.32 Å². The molecular weight excluding hydrogens is 319 g/mol. The highest BCUT2D eigenvalue weighted by Gasteiger charge is 2.30. The van der Waals surface area contributed by atoms with Crippen LogP contribution in [0.1, 0.15) is 50.5 Å². The molecule has 2 fully saturated rings. The van der Waals surface area contributed by atoms with Gasteiger partial charge in [-0.15, -0.1) is 0 Å². The highest BCUT2D eigenvalue weighted by atomic mass is 19.1. The van der Waals surface area contributed by atoms with E-state index in [1.165, 1.54) is 18.9 Å². The Balaban J connectivity index is 1.39. The van der Waals surface area contributed by atoms with Gasteiger partial charge in [0.2, 0.25) is 11.8 Å². The number of halogens is 1. The summed E-state index contributed by atoms with van der Waals surface area (Å²) in [4.78, 5) is 26.5. The lowest BCUT2D eigenvalue weighted by molar-refractivity contribution is -0.136. The van der Waals surface area contributed by atoms with Crippen molar-refractivity contribution < 1.29 is 14.0 Å². The van der Waals surface area contributed by atoms with Crippen molar-refractivity contribution in [2.24, 2.45) is 5.92 Å². The molecule has 4 nitrogen and oxygen atoms in total. The van der Waals surface area contributed by atoms with Gasteiger partial charge in [-0.25, -0.2) is 4.39 Å². The number of hydrogen-bond acceptors (Lipinski definition) is 2. The monoisotopic (exact) mass is 346 g/mol. The van der Waals surface area contributed by atoms with Gasteiger partial charge >= 0.3 is 0 Å². The van der Waals surface area contributed by atoms with Crippen molar-refractivity contribution in [3.05, 3.63) is 35.6 Å². The number of hydrogen-bond donors (Lipinski definition) is 1.